The van der Waals surface area contributed by atoms with Crippen LogP contribution in [-0.4, -0.2) is 32.2 Å². The average molecular weight is 288 g/mol. The smallest absolute Gasteiger partial charge is 0.228 e. The average Bonchev–Trinajstić information content (AvgIpc) is 2.53. The molecule has 2 aliphatic heterocycles. The third-order valence-electron chi connectivity index (χ3n) is 4.80. The highest BCUT2D eigenvalue weighted by atomic mass is 16.5. The predicted octanol–water partition coefficient (Wildman–Crippen LogP) is 1.81. The number of benzene rings is 1. The molecule has 1 atom stereocenters. The molecule has 0 aromatic heterocycles. The molecule has 0 bridgehead atoms. The number of amides is 1. The van der Waals surface area contributed by atoms with Crippen molar-refractivity contribution in [3.63, 3.8) is 0 Å². The summed E-state index contributed by atoms with van der Waals surface area (Å²) >= 11 is 0. The zero-order valence-corrected chi connectivity index (χ0v) is 12.7. The first-order valence-corrected chi connectivity index (χ1v) is 7.82. The van der Waals surface area contributed by atoms with Gasteiger partial charge in [0.15, 0.2) is 0 Å². The maximum Gasteiger partial charge on any atom is 0.228 e. The van der Waals surface area contributed by atoms with Crippen LogP contribution in [0.2, 0.25) is 0 Å². The first kappa shape index (κ1) is 14.5. The van der Waals surface area contributed by atoms with E-state index in [2.05, 4.69) is 29.7 Å². The molecule has 1 aromatic carbocycles. The van der Waals surface area contributed by atoms with Crippen molar-refractivity contribution in [2.75, 3.05) is 26.3 Å². The van der Waals surface area contributed by atoms with E-state index >= 15 is 0 Å². The maximum absolute atomic E-state index is 12.6. The minimum absolute atomic E-state index is 0.0709. The standard InChI is InChI=1S/C17H24N2O2/c1-17(6-8-21-9-7-17)12-19-16(20)15-11-18-10-13-4-2-3-5-14(13)15/h2-5,15,18H,6-12H2,1H3,(H,19,20). The van der Waals surface area contributed by atoms with Crippen molar-refractivity contribution in [3.8, 4) is 0 Å². The van der Waals surface area contributed by atoms with E-state index in [1.54, 1.807) is 0 Å². The summed E-state index contributed by atoms with van der Waals surface area (Å²) in [6.45, 7) is 6.18. The lowest BCUT2D eigenvalue weighted by Gasteiger charge is -2.34. The van der Waals surface area contributed by atoms with Gasteiger partial charge in [0.1, 0.15) is 0 Å². The monoisotopic (exact) mass is 288 g/mol. The quantitative estimate of drug-likeness (QED) is 0.892. The molecule has 1 unspecified atom stereocenters. The van der Waals surface area contributed by atoms with Gasteiger partial charge in [0.25, 0.3) is 0 Å². The predicted molar refractivity (Wildman–Crippen MR) is 82.1 cm³/mol. The number of hydrogen-bond donors (Lipinski definition) is 2. The van der Waals surface area contributed by atoms with Crippen LogP contribution in [0.5, 0.6) is 0 Å². The first-order chi connectivity index (χ1) is 10.2. The van der Waals surface area contributed by atoms with E-state index < -0.39 is 0 Å². The Morgan fingerprint density at radius 2 is 2.14 bits per heavy atom. The van der Waals surface area contributed by atoms with Crippen LogP contribution in [0.4, 0.5) is 0 Å². The lowest BCUT2D eigenvalue weighted by atomic mass is 9.82. The molecule has 2 aliphatic rings. The second-order valence-electron chi connectivity index (χ2n) is 6.52. The molecule has 1 fully saturated rings. The van der Waals surface area contributed by atoms with Crippen LogP contribution in [0.1, 0.15) is 36.8 Å². The fraction of sp³-hybridized carbons (Fsp3) is 0.588. The molecule has 2 N–H and O–H groups in total. The SMILES string of the molecule is CC1(CNC(=O)C2CNCc3ccccc32)CCOCC1. The largest absolute Gasteiger partial charge is 0.381 e. The Morgan fingerprint density at radius 1 is 1.38 bits per heavy atom. The summed E-state index contributed by atoms with van der Waals surface area (Å²) < 4.78 is 5.41. The summed E-state index contributed by atoms with van der Waals surface area (Å²) in [5, 5.41) is 6.51. The molecule has 0 aliphatic carbocycles. The first-order valence-electron chi connectivity index (χ1n) is 7.82. The van der Waals surface area contributed by atoms with Gasteiger partial charge in [0, 0.05) is 32.8 Å². The van der Waals surface area contributed by atoms with Crippen molar-refractivity contribution in [3.05, 3.63) is 35.4 Å². The van der Waals surface area contributed by atoms with Crippen molar-refractivity contribution in [1.29, 1.82) is 0 Å². The van der Waals surface area contributed by atoms with Gasteiger partial charge in [0.2, 0.25) is 5.91 Å². The van der Waals surface area contributed by atoms with Crippen LogP contribution in [0.15, 0.2) is 24.3 Å². The highest BCUT2D eigenvalue weighted by molar-refractivity contribution is 5.84. The highest BCUT2D eigenvalue weighted by Crippen LogP contribution is 2.29. The van der Waals surface area contributed by atoms with Gasteiger partial charge in [-0.1, -0.05) is 31.2 Å². The van der Waals surface area contributed by atoms with Gasteiger partial charge in [-0.3, -0.25) is 4.79 Å². The van der Waals surface area contributed by atoms with Gasteiger partial charge in [-0.05, 0) is 29.4 Å². The Balaban J connectivity index is 1.64. The summed E-state index contributed by atoms with van der Waals surface area (Å²) in [6, 6.07) is 8.23. The molecule has 114 valence electrons. The van der Waals surface area contributed by atoms with Crippen LogP contribution >= 0.6 is 0 Å². The summed E-state index contributed by atoms with van der Waals surface area (Å²) in [5.41, 5.74) is 2.59. The molecule has 4 heteroatoms. The molecular weight excluding hydrogens is 264 g/mol. The summed E-state index contributed by atoms with van der Waals surface area (Å²) in [5.74, 6) is 0.0701. The molecule has 0 radical (unpaired) electrons. The lowest BCUT2D eigenvalue weighted by molar-refractivity contribution is -0.123. The van der Waals surface area contributed by atoms with Crippen LogP contribution in [0.25, 0.3) is 0 Å². The van der Waals surface area contributed by atoms with Crippen molar-refractivity contribution in [1.82, 2.24) is 10.6 Å². The second-order valence-corrected chi connectivity index (χ2v) is 6.52. The minimum Gasteiger partial charge on any atom is -0.381 e. The van der Waals surface area contributed by atoms with Crippen molar-refractivity contribution >= 4 is 5.91 Å². The zero-order valence-electron chi connectivity index (χ0n) is 12.7. The molecule has 1 amide bonds. The van der Waals surface area contributed by atoms with Crippen molar-refractivity contribution in [2.24, 2.45) is 5.41 Å². The number of carbonyl (C=O) groups is 1. The van der Waals surface area contributed by atoms with E-state index in [1.165, 1.54) is 11.1 Å². The van der Waals surface area contributed by atoms with Gasteiger partial charge in [-0.15, -0.1) is 0 Å². The van der Waals surface area contributed by atoms with E-state index in [9.17, 15) is 4.79 Å². The molecule has 1 aromatic rings. The molecule has 3 rings (SSSR count). The number of ether oxygens (including phenoxy) is 1. The number of rotatable bonds is 3. The Bertz CT molecular complexity index is 509. The van der Waals surface area contributed by atoms with Crippen LogP contribution in [-0.2, 0) is 16.1 Å². The minimum atomic E-state index is -0.0709. The third kappa shape index (κ3) is 3.27. The molecular formula is C17H24N2O2. The molecule has 21 heavy (non-hydrogen) atoms. The Labute approximate surface area is 126 Å². The second kappa shape index (κ2) is 6.16. The lowest BCUT2D eigenvalue weighted by Crippen LogP contribution is -2.44. The van der Waals surface area contributed by atoms with Crippen LogP contribution in [0.3, 0.4) is 0 Å². The highest BCUT2D eigenvalue weighted by Gasteiger charge is 2.30. The zero-order chi connectivity index (χ0) is 14.7. The van der Waals surface area contributed by atoms with Crippen LogP contribution < -0.4 is 10.6 Å². The van der Waals surface area contributed by atoms with Crippen LogP contribution in [0, 0.1) is 5.41 Å². The number of hydrogen-bond acceptors (Lipinski definition) is 3. The van der Waals surface area contributed by atoms with E-state index in [1.807, 2.05) is 12.1 Å². The maximum atomic E-state index is 12.6. The fourth-order valence-corrected chi connectivity index (χ4v) is 3.19. The molecule has 4 nitrogen and oxygen atoms in total. The third-order valence-corrected chi connectivity index (χ3v) is 4.80. The van der Waals surface area contributed by atoms with E-state index in [4.69, 9.17) is 4.74 Å². The van der Waals surface area contributed by atoms with Gasteiger partial charge < -0.3 is 15.4 Å². The van der Waals surface area contributed by atoms with E-state index in [-0.39, 0.29) is 17.2 Å². The Hall–Kier alpha value is -1.39. The van der Waals surface area contributed by atoms with Gasteiger partial charge in [0.05, 0.1) is 5.92 Å². The molecule has 2 heterocycles. The normalized spacial score (nSPS) is 24.1. The molecule has 0 saturated carbocycles. The number of carbonyl (C=O) groups excluding carboxylic acids is 1. The van der Waals surface area contributed by atoms with Crippen molar-refractivity contribution < 1.29 is 9.53 Å². The number of nitrogens with one attached hydrogen (secondary N) is 2. The van der Waals surface area contributed by atoms with Gasteiger partial charge >= 0.3 is 0 Å². The summed E-state index contributed by atoms with van der Waals surface area (Å²) in [4.78, 5) is 12.6. The molecule has 1 saturated heterocycles. The topological polar surface area (TPSA) is 50.4 Å². The summed E-state index contributed by atoms with van der Waals surface area (Å²) in [6.07, 6.45) is 2.04. The van der Waals surface area contributed by atoms with Crippen molar-refractivity contribution in [2.45, 2.75) is 32.2 Å². The van der Waals surface area contributed by atoms with Gasteiger partial charge in [-0.2, -0.15) is 0 Å². The number of fused-ring (bicyclic) bond motifs is 1. The molecule has 0 spiro atoms. The Kier molecular flexibility index (Phi) is 4.27. The van der Waals surface area contributed by atoms with E-state index in [0.29, 0.717) is 0 Å². The van der Waals surface area contributed by atoms with Gasteiger partial charge in [-0.25, -0.2) is 0 Å². The Morgan fingerprint density at radius 3 is 2.95 bits per heavy atom. The summed E-state index contributed by atoms with van der Waals surface area (Å²) in [7, 11) is 0. The van der Waals surface area contributed by atoms with E-state index in [0.717, 1.165) is 45.7 Å². The fourth-order valence-electron chi connectivity index (χ4n) is 3.19.